The van der Waals surface area contributed by atoms with Gasteiger partial charge in [0.1, 0.15) is 0 Å². The van der Waals surface area contributed by atoms with Crippen LogP contribution in [0.15, 0.2) is 0 Å². The molecule has 1 heterocycles. The largest absolute Gasteiger partial charge is 0.313 e. The minimum absolute atomic E-state index is 0.405. The fourth-order valence-corrected chi connectivity index (χ4v) is 3.09. The monoisotopic (exact) mass is 224 g/mol. The number of hydrogen-bond acceptors (Lipinski definition) is 2. The molecule has 1 saturated heterocycles. The molecule has 0 aromatic heterocycles. The molecule has 1 unspecified atom stereocenters. The first-order valence-electron chi connectivity index (χ1n) is 6.91. The molecule has 0 aromatic carbocycles. The normalized spacial score (nSPS) is 33.2. The summed E-state index contributed by atoms with van der Waals surface area (Å²) in [5, 5.41) is 7.59. The van der Waals surface area contributed by atoms with Gasteiger partial charge in [-0.2, -0.15) is 0 Å². The number of hydrogen-bond donors (Lipinski definition) is 2. The van der Waals surface area contributed by atoms with Crippen molar-refractivity contribution in [2.24, 2.45) is 11.3 Å². The van der Waals surface area contributed by atoms with Crippen LogP contribution < -0.4 is 10.6 Å². The van der Waals surface area contributed by atoms with Crippen molar-refractivity contribution in [2.45, 2.75) is 65.0 Å². The molecule has 1 saturated carbocycles. The average molecular weight is 224 g/mol. The van der Waals surface area contributed by atoms with Crippen LogP contribution in [-0.2, 0) is 0 Å². The van der Waals surface area contributed by atoms with Gasteiger partial charge in [-0.1, -0.05) is 27.7 Å². The van der Waals surface area contributed by atoms with Gasteiger partial charge in [-0.05, 0) is 37.0 Å². The molecule has 0 aromatic rings. The minimum Gasteiger partial charge on any atom is -0.313 e. The van der Waals surface area contributed by atoms with E-state index >= 15 is 0 Å². The van der Waals surface area contributed by atoms with Gasteiger partial charge in [-0.3, -0.25) is 0 Å². The second kappa shape index (κ2) is 4.30. The Morgan fingerprint density at radius 2 is 1.69 bits per heavy atom. The molecular weight excluding hydrogens is 196 g/mol. The van der Waals surface area contributed by atoms with E-state index in [-0.39, 0.29) is 0 Å². The molecule has 94 valence electrons. The number of nitrogens with one attached hydrogen (secondary N) is 2. The first-order valence-corrected chi connectivity index (χ1v) is 6.91. The quantitative estimate of drug-likeness (QED) is 0.715. The molecule has 2 heteroatoms. The van der Waals surface area contributed by atoms with Crippen LogP contribution in [0, 0.1) is 11.3 Å². The topological polar surface area (TPSA) is 24.1 Å². The van der Waals surface area contributed by atoms with Crippen LogP contribution in [0.3, 0.4) is 0 Å². The lowest BCUT2D eigenvalue weighted by Crippen LogP contribution is -2.66. The highest BCUT2D eigenvalue weighted by Gasteiger charge is 2.41. The Labute approximate surface area is 101 Å². The predicted octanol–water partition coefficient (Wildman–Crippen LogP) is 2.54. The van der Waals surface area contributed by atoms with Crippen LogP contribution in [0.4, 0.5) is 0 Å². The van der Waals surface area contributed by atoms with Gasteiger partial charge in [-0.15, -0.1) is 0 Å². The van der Waals surface area contributed by atoms with Gasteiger partial charge < -0.3 is 10.6 Å². The Balaban J connectivity index is 1.98. The first kappa shape index (κ1) is 12.4. The van der Waals surface area contributed by atoms with Crippen molar-refractivity contribution in [3.05, 3.63) is 0 Å². The van der Waals surface area contributed by atoms with Gasteiger partial charge in [-0.25, -0.2) is 0 Å². The van der Waals surface area contributed by atoms with E-state index in [1.807, 2.05) is 0 Å². The maximum Gasteiger partial charge on any atom is 0.0309 e. The van der Waals surface area contributed by atoms with Crippen molar-refractivity contribution in [3.8, 4) is 0 Å². The molecule has 1 atom stereocenters. The second-order valence-electron chi connectivity index (χ2n) is 7.07. The van der Waals surface area contributed by atoms with Crippen molar-refractivity contribution in [3.63, 3.8) is 0 Å². The van der Waals surface area contributed by atoms with E-state index in [1.54, 1.807) is 0 Å². The SMILES string of the molecule is CC(C)C1CNCC2(CCC(C)(C)CC2)N1. The molecule has 2 rings (SSSR count). The Bertz CT molecular complexity index is 235. The van der Waals surface area contributed by atoms with E-state index in [2.05, 4.69) is 38.3 Å². The Morgan fingerprint density at radius 1 is 1.06 bits per heavy atom. The summed E-state index contributed by atoms with van der Waals surface area (Å²) in [4.78, 5) is 0. The van der Waals surface area contributed by atoms with Gasteiger partial charge in [0.25, 0.3) is 0 Å². The summed E-state index contributed by atoms with van der Waals surface area (Å²) in [5.74, 6) is 0.736. The third kappa shape index (κ3) is 2.60. The van der Waals surface area contributed by atoms with E-state index < -0.39 is 0 Å². The average Bonchev–Trinajstić information content (AvgIpc) is 2.24. The third-order valence-corrected chi connectivity index (χ3v) is 4.68. The van der Waals surface area contributed by atoms with E-state index in [0.29, 0.717) is 17.0 Å². The van der Waals surface area contributed by atoms with Crippen molar-refractivity contribution in [1.82, 2.24) is 10.6 Å². The summed E-state index contributed by atoms with van der Waals surface area (Å²) in [5.41, 5.74) is 0.973. The zero-order chi connectivity index (χ0) is 11.8. The number of piperazine rings is 1. The zero-order valence-electron chi connectivity index (χ0n) is 11.4. The zero-order valence-corrected chi connectivity index (χ0v) is 11.4. The van der Waals surface area contributed by atoms with Crippen LogP contribution in [0.1, 0.15) is 53.4 Å². The van der Waals surface area contributed by atoms with Crippen molar-refractivity contribution in [1.29, 1.82) is 0 Å². The Hall–Kier alpha value is -0.0800. The second-order valence-corrected chi connectivity index (χ2v) is 7.07. The van der Waals surface area contributed by atoms with Gasteiger partial charge in [0.05, 0.1) is 0 Å². The van der Waals surface area contributed by atoms with Gasteiger partial charge in [0.2, 0.25) is 0 Å². The van der Waals surface area contributed by atoms with Gasteiger partial charge in [0, 0.05) is 24.7 Å². The van der Waals surface area contributed by atoms with Crippen LogP contribution in [0.5, 0.6) is 0 Å². The van der Waals surface area contributed by atoms with E-state index in [4.69, 9.17) is 0 Å². The van der Waals surface area contributed by atoms with Gasteiger partial charge >= 0.3 is 0 Å². The highest BCUT2D eigenvalue weighted by Crippen LogP contribution is 2.40. The summed E-state index contributed by atoms with van der Waals surface area (Å²) in [6, 6.07) is 0.662. The van der Waals surface area contributed by atoms with Crippen LogP contribution >= 0.6 is 0 Å². The molecule has 1 aliphatic carbocycles. The Morgan fingerprint density at radius 3 is 2.25 bits per heavy atom. The van der Waals surface area contributed by atoms with Crippen molar-refractivity contribution < 1.29 is 0 Å². The summed E-state index contributed by atoms with van der Waals surface area (Å²) >= 11 is 0. The molecule has 0 radical (unpaired) electrons. The fraction of sp³-hybridized carbons (Fsp3) is 1.00. The van der Waals surface area contributed by atoms with Crippen molar-refractivity contribution in [2.75, 3.05) is 13.1 Å². The minimum atomic E-state index is 0.405. The van der Waals surface area contributed by atoms with Crippen LogP contribution in [0.2, 0.25) is 0 Å². The van der Waals surface area contributed by atoms with Crippen molar-refractivity contribution >= 4 is 0 Å². The predicted molar refractivity (Wildman–Crippen MR) is 69.6 cm³/mol. The smallest absolute Gasteiger partial charge is 0.0309 e. The lowest BCUT2D eigenvalue weighted by molar-refractivity contribution is 0.0928. The molecule has 0 bridgehead atoms. The molecular formula is C14H28N2. The third-order valence-electron chi connectivity index (χ3n) is 4.68. The maximum atomic E-state index is 3.94. The molecule has 16 heavy (non-hydrogen) atoms. The summed E-state index contributed by atoms with van der Waals surface area (Å²) in [6.45, 7) is 11.8. The lowest BCUT2D eigenvalue weighted by Gasteiger charge is -2.50. The molecule has 1 aliphatic heterocycles. The Kier molecular flexibility index (Phi) is 3.33. The van der Waals surface area contributed by atoms with E-state index in [0.717, 1.165) is 12.5 Å². The van der Waals surface area contributed by atoms with E-state index in [1.165, 1.54) is 32.2 Å². The molecule has 2 aliphatic rings. The number of rotatable bonds is 1. The lowest BCUT2D eigenvalue weighted by atomic mass is 9.68. The fourth-order valence-electron chi connectivity index (χ4n) is 3.09. The summed E-state index contributed by atoms with van der Waals surface area (Å²) in [7, 11) is 0. The van der Waals surface area contributed by atoms with E-state index in [9.17, 15) is 0 Å². The standard InChI is InChI=1S/C14H28N2/c1-11(2)12-9-15-10-14(16-12)7-5-13(3,4)6-8-14/h11-12,15-16H,5-10H2,1-4H3. The summed E-state index contributed by atoms with van der Waals surface area (Å²) in [6.07, 6.45) is 5.42. The molecule has 2 nitrogen and oxygen atoms in total. The van der Waals surface area contributed by atoms with Gasteiger partial charge in [0.15, 0.2) is 0 Å². The van der Waals surface area contributed by atoms with Crippen LogP contribution in [-0.4, -0.2) is 24.7 Å². The molecule has 0 amide bonds. The summed E-state index contributed by atoms with van der Waals surface area (Å²) < 4.78 is 0. The molecule has 1 spiro atoms. The highest BCUT2D eigenvalue weighted by molar-refractivity contribution is 5.02. The first-order chi connectivity index (χ1) is 7.43. The van der Waals surface area contributed by atoms with Crippen LogP contribution in [0.25, 0.3) is 0 Å². The molecule has 2 fully saturated rings. The maximum absolute atomic E-state index is 3.94. The highest BCUT2D eigenvalue weighted by atomic mass is 15.1. The molecule has 2 N–H and O–H groups in total.